The van der Waals surface area contributed by atoms with Crippen LogP contribution in [0.25, 0.3) is 21.0 Å². The Morgan fingerprint density at radius 3 is 2.65 bits per heavy atom. The summed E-state index contributed by atoms with van der Waals surface area (Å²) >= 11 is 1.63. The van der Waals surface area contributed by atoms with E-state index in [0.717, 1.165) is 15.2 Å². The van der Waals surface area contributed by atoms with Crippen LogP contribution in [0.15, 0.2) is 53.3 Å². The third-order valence-corrected chi connectivity index (χ3v) is 5.23. The molecule has 2 aromatic heterocycles. The minimum Gasteiger partial charge on any atom is -0.350 e. The van der Waals surface area contributed by atoms with Crippen LogP contribution in [0.1, 0.15) is 15.5 Å². The maximum atomic E-state index is 12.6. The van der Waals surface area contributed by atoms with E-state index >= 15 is 0 Å². The normalized spacial score (nSPS) is 11.1. The number of nitrogens with one attached hydrogen (secondary N) is 1. The van der Waals surface area contributed by atoms with Crippen molar-refractivity contribution in [2.45, 2.75) is 6.42 Å². The molecule has 0 spiro atoms. The van der Waals surface area contributed by atoms with Gasteiger partial charge in [-0.25, -0.2) is 9.67 Å². The first-order valence-electron chi connectivity index (χ1n) is 8.22. The van der Waals surface area contributed by atoms with Gasteiger partial charge in [0.1, 0.15) is 0 Å². The summed E-state index contributed by atoms with van der Waals surface area (Å²) in [6.07, 6.45) is 0.648. The van der Waals surface area contributed by atoms with Gasteiger partial charge in [0, 0.05) is 25.4 Å². The van der Waals surface area contributed by atoms with E-state index in [1.807, 2.05) is 24.3 Å². The number of fused-ring (bicyclic) bond motifs is 2. The fourth-order valence-corrected chi connectivity index (χ4v) is 3.83. The van der Waals surface area contributed by atoms with E-state index in [2.05, 4.69) is 15.4 Å². The number of thiazole rings is 1. The van der Waals surface area contributed by atoms with Crippen molar-refractivity contribution in [1.82, 2.24) is 20.1 Å². The van der Waals surface area contributed by atoms with Crippen molar-refractivity contribution in [2.75, 3.05) is 6.54 Å². The van der Waals surface area contributed by atoms with Crippen molar-refractivity contribution in [3.05, 3.63) is 69.6 Å². The highest BCUT2D eigenvalue weighted by Crippen LogP contribution is 2.21. The molecule has 0 bridgehead atoms. The molecule has 4 rings (SSSR count). The molecule has 0 saturated carbocycles. The molecule has 0 fully saturated rings. The van der Waals surface area contributed by atoms with E-state index in [-0.39, 0.29) is 17.2 Å². The summed E-state index contributed by atoms with van der Waals surface area (Å²) in [6, 6.07) is 15.0. The third-order valence-electron chi connectivity index (χ3n) is 4.13. The number of hydrogen-bond acceptors (Lipinski definition) is 5. The highest BCUT2D eigenvalue weighted by Gasteiger charge is 2.15. The van der Waals surface area contributed by atoms with Crippen LogP contribution in [0.4, 0.5) is 0 Å². The summed E-state index contributed by atoms with van der Waals surface area (Å²) in [4.78, 5) is 29.3. The van der Waals surface area contributed by atoms with Crippen LogP contribution in [0, 0.1) is 0 Å². The van der Waals surface area contributed by atoms with E-state index in [1.165, 1.54) is 4.68 Å². The Kier molecular flexibility index (Phi) is 4.22. The molecule has 7 heteroatoms. The molecule has 0 aliphatic carbocycles. The number of carbonyl (C=O) groups is 1. The van der Waals surface area contributed by atoms with Gasteiger partial charge in [-0.3, -0.25) is 9.59 Å². The molecule has 130 valence electrons. The molecule has 2 aromatic carbocycles. The third kappa shape index (κ3) is 2.97. The maximum Gasteiger partial charge on any atom is 0.274 e. The lowest BCUT2D eigenvalue weighted by molar-refractivity contribution is 0.0949. The zero-order chi connectivity index (χ0) is 18.1. The molecule has 6 nitrogen and oxygen atoms in total. The van der Waals surface area contributed by atoms with E-state index < -0.39 is 0 Å². The van der Waals surface area contributed by atoms with Gasteiger partial charge in [0.15, 0.2) is 5.69 Å². The summed E-state index contributed by atoms with van der Waals surface area (Å²) in [6.45, 7) is 0.456. The predicted molar refractivity (Wildman–Crippen MR) is 103 cm³/mol. The molecule has 0 aliphatic rings. The quantitative estimate of drug-likeness (QED) is 0.604. The van der Waals surface area contributed by atoms with Gasteiger partial charge in [-0.2, -0.15) is 5.10 Å². The molecule has 26 heavy (non-hydrogen) atoms. The topological polar surface area (TPSA) is 76.9 Å². The Labute approximate surface area is 153 Å². The smallest absolute Gasteiger partial charge is 0.274 e. The number of nitrogens with zero attached hydrogens (tertiary/aromatic N) is 3. The Bertz CT molecular complexity index is 1150. The lowest BCUT2D eigenvalue weighted by Gasteiger charge is -2.08. The second kappa shape index (κ2) is 6.68. The number of aromatic nitrogens is 3. The van der Waals surface area contributed by atoms with Crippen LogP contribution >= 0.6 is 11.3 Å². The first kappa shape index (κ1) is 16.4. The average molecular weight is 364 g/mol. The standard InChI is InChI=1S/C19H16N4O2S/c1-23-19(25)13-7-3-2-6-12(13)17(22-23)18(24)20-11-10-16-21-14-8-4-5-9-15(14)26-16/h2-9H,10-11H2,1H3,(H,20,24). The Morgan fingerprint density at radius 1 is 1.12 bits per heavy atom. The van der Waals surface area contributed by atoms with Crippen molar-refractivity contribution >= 4 is 38.2 Å². The molecule has 4 aromatic rings. The van der Waals surface area contributed by atoms with E-state index in [0.29, 0.717) is 23.7 Å². The number of rotatable bonds is 4. The van der Waals surface area contributed by atoms with Crippen LogP contribution in [0.2, 0.25) is 0 Å². The van der Waals surface area contributed by atoms with E-state index in [4.69, 9.17) is 0 Å². The first-order chi connectivity index (χ1) is 12.6. The molecule has 0 aliphatic heterocycles. The van der Waals surface area contributed by atoms with Gasteiger partial charge in [-0.15, -0.1) is 11.3 Å². The number of hydrogen-bond donors (Lipinski definition) is 1. The zero-order valence-corrected chi connectivity index (χ0v) is 14.9. The van der Waals surface area contributed by atoms with Gasteiger partial charge in [-0.05, 0) is 18.2 Å². The van der Waals surface area contributed by atoms with Crippen LogP contribution in [0.3, 0.4) is 0 Å². The number of amides is 1. The molecular weight excluding hydrogens is 348 g/mol. The maximum absolute atomic E-state index is 12.6. The summed E-state index contributed by atoms with van der Waals surface area (Å²) in [5.74, 6) is -0.294. The predicted octanol–water partition coefficient (Wildman–Crippen LogP) is 2.52. The Balaban J connectivity index is 1.52. The average Bonchev–Trinajstić information content (AvgIpc) is 3.07. The van der Waals surface area contributed by atoms with Gasteiger partial charge < -0.3 is 5.32 Å². The number of para-hydroxylation sites is 1. The highest BCUT2D eigenvalue weighted by molar-refractivity contribution is 7.18. The fourth-order valence-electron chi connectivity index (χ4n) is 2.86. The Morgan fingerprint density at radius 2 is 1.85 bits per heavy atom. The second-order valence-corrected chi connectivity index (χ2v) is 7.02. The minimum absolute atomic E-state index is 0.216. The lowest BCUT2D eigenvalue weighted by atomic mass is 10.1. The van der Waals surface area contributed by atoms with E-state index in [9.17, 15) is 9.59 Å². The van der Waals surface area contributed by atoms with Gasteiger partial charge in [0.05, 0.1) is 20.6 Å². The van der Waals surface area contributed by atoms with Crippen LogP contribution in [0.5, 0.6) is 0 Å². The molecule has 0 saturated heterocycles. The van der Waals surface area contributed by atoms with Gasteiger partial charge >= 0.3 is 0 Å². The van der Waals surface area contributed by atoms with Gasteiger partial charge in [0.25, 0.3) is 11.5 Å². The highest BCUT2D eigenvalue weighted by atomic mass is 32.1. The fraction of sp³-hybridized carbons (Fsp3) is 0.158. The molecule has 0 atom stereocenters. The minimum atomic E-state index is -0.294. The number of aryl methyl sites for hydroxylation is 1. The molecule has 1 amide bonds. The molecule has 0 unspecified atom stereocenters. The SMILES string of the molecule is Cn1nc(C(=O)NCCc2nc3ccccc3s2)c2ccccc2c1=O. The van der Waals surface area contributed by atoms with Crippen LogP contribution in [-0.4, -0.2) is 27.2 Å². The van der Waals surface area contributed by atoms with E-state index in [1.54, 1.807) is 42.6 Å². The monoisotopic (exact) mass is 364 g/mol. The summed E-state index contributed by atoms with van der Waals surface area (Å²) < 4.78 is 2.34. The first-order valence-corrected chi connectivity index (χ1v) is 9.04. The molecule has 1 N–H and O–H groups in total. The molecular formula is C19H16N4O2S. The summed E-state index contributed by atoms with van der Waals surface area (Å²) in [7, 11) is 1.55. The number of benzene rings is 2. The zero-order valence-electron chi connectivity index (χ0n) is 14.1. The summed E-state index contributed by atoms with van der Waals surface area (Å²) in [5, 5.41) is 9.05. The van der Waals surface area contributed by atoms with Gasteiger partial charge in [-0.1, -0.05) is 30.3 Å². The summed E-state index contributed by atoms with van der Waals surface area (Å²) in [5.41, 5.74) is 1.02. The van der Waals surface area contributed by atoms with Gasteiger partial charge in [0.2, 0.25) is 0 Å². The molecule has 0 radical (unpaired) electrons. The lowest BCUT2D eigenvalue weighted by Crippen LogP contribution is -2.30. The van der Waals surface area contributed by atoms with Crippen molar-refractivity contribution in [2.24, 2.45) is 7.05 Å². The number of carbonyl (C=O) groups excluding carboxylic acids is 1. The van der Waals surface area contributed by atoms with Crippen molar-refractivity contribution < 1.29 is 4.79 Å². The Hall–Kier alpha value is -3.06. The van der Waals surface area contributed by atoms with Crippen molar-refractivity contribution in [3.63, 3.8) is 0 Å². The second-order valence-electron chi connectivity index (χ2n) is 5.90. The molecule has 2 heterocycles. The van der Waals surface area contributed by atoms with Crippen molar-refractivity contribution in [1.29, 1.82) is 0 Å². The van der Waals surface area contributed by atoms with Crippen LogP contribution in [-0.2, 0) is 13.5 Å². The van der Waals surface area contributed by atoms with Crippen LogP contribution < -0.4 is 10.9 Å². The largest absolute Gasteiger partial charge is 0.350 e. The van der Waals surface area contributed by atoms with Crippen molar-refractivity contribution in [3.8, 4) is 0 Å².